The van der Waals surface area contributed by atoms with E-state index >= 15 is 0 Å². The van der Waals surface area contributed by atoms with Gasteiger partial charge in [-0.25, -0.2) is 4.99 Å². The van der Waals surface area contributed by atoms with E-state index in [0.29, 0.717) is 5.56 Å². The summed E-state index contributed by atoms with van der Waals surface area (Å²) in [4.78, 5) is 16.3. The lowest BCUT2D eigenvalue weighted by Crippen LogP contribution is -2.18. The molecule has 1 amide bonds. The second kappa shape index (κ2) is 5.93. The van der Waals surface area contributed by atoms with Crippen molar-refractivity contribution in [1.29, 1.82) is 0 Å². The largest absolute Gasteiger partial charge is 0.355 e. The predicted octanol–water partition coefficient (Wildman–Crippen LogP) is 3.82. The number of anilines is 1. The number of benzene rings is 2. The highest BCUT2D eigenvalue weighted by Gasteiger charge is 2.16. The molecule has 3 rings (SSSR count). The standard InChI is InChI=1S/C17H16BrN3O/c1-10-6-12-8-16(21-15(12)9-14(10)18)20-13-5-3-4-11(7-13)17(22)19-2/h3-7,9H,8H2,1-2H3,(H,19,22)(H,20,21). The number of fused-ring (bicyclic) bond motifs is 1. The van der Waals surface area contributed by atoms with Crippen LogP contribution in [0.15, 0.2) is 45.9 Å². The number of hydrogen-bond acceptors (Lipinski definition) is 3. The predicted molar refractivity (Wildman–Crippen MR) is 93.1 cm³/mol. The number of carbonyl (C=O) groups excluding carboxylic acids is 1. The number of aryl methyl sites for hydroxylation is 1. The third kappa shape index (κ3) is 2.90. The Morgan fingerprint density at radius 1 is 1.27 bits per heavy atom. The van der Waals surface area contributed by atoms with Gasteiger partial charge in [-0.3, -0.25) is 4.79 Å². The molecule has 2 aromatic carbocycles. The molecule has 0 saturated heterocycles. The van der Waals surface area contributed by atoms with Crippen LogP contribution in [0.1, 0.15) is 21.5 Å². The van der Waals surface area contributed by atoms with Crippen molar-refractivity contribution in [1.82, 2.24) is 5.32 Å². The van der Waals surface area contributed by atoms with Crippen molar-refractivity contribution in [2.24, 2.45) is 4.99 Å². The van der Waals surface area contributed by atoms with Gasteiger partial charge in [-0.2, -0.15) is 0 Å². The smallest absolute Gasteiger partial charge is 0.251 e. The Balaban J connectivity index is 1.81. The molecule has 112 valence electrons. The van der Waals surface area contributed by atoms with E-state index in [2.05, 4.69) is 44.5 Å². The molecule has 0 saturated carbocycles. The lowest BCUT2D eigenvalue weighted by atomic mass is 10.1. The average Bonchev–Trinajstić information content (AvgIpc) is 2.88. The fourth-order valence-corrected chi connectivity index (χ4v) is 2.79. The van der Waals surface area contributed by atoms with Gasteiger partial charge in [0.1, 0.15) is 5.84 Å². The van der Waals surface area contributed by atoms with E-state index in [1.807, 2.05) is 24.3 Å². The Labute approximate surface area is 137 Å². The molecule has 1 heterocycles. The normalized spacial score (nSPS) is 12.6. The number of halogens is 1. The van der Waals surface area contributed by atoms with Crippen LogP contribution in [0.3, 0.4) is 0 Å². The minimum Gasteiger partial charge on any atom is -0.355 e. The molecule has 2 N–H and O–H groups in total. The number of nitrogens with one attached hydrogen (secondary N) is 2. The zero-order valence-corrected chi connectivity index (χ0v) is 14.0. The molecule has 1 aliphatic rings. The summed E-state index contributed by atoms with van der Waals surface area (Å²) in [6.45, 7) is 2.07. The van der Waals surface area contributed by atoms with Crippen LogP contribution in [0, 0.1) is 6.92 Å². The molecule has 0 aliphatic carbocycles. The summed E-state index contributed by atoms with van der Waals surface area (Å²) >= 11 is 3.53. The summed E-state index contributed by atoms with van der Waals surface area (Å²) < 4.78 is 1.07. The minimum absolute atomic E-state index is 0.0974. The van der Waals surface area contributed by atoms with Gasteiger partial charge in [0.2, 0.25) is 0 Å². The van der Waals surface area contributed by atoms with Crippen LogP contribution < -0.4 is 10.6 Å². The monoisotopic (exact) mass is 357 g/mol. The zero-order valence-electron chi connectivity index (χ0n) is 12.4. The van der Waals surface area contributed by atoms with Crippen LogP contribution >= 0.6 is 15.9 Å². The molecular formula is C17H16BrN3O. The second-order valence-corrected chi connectivity index (χ2v) is 6.10. The molecule has 0 aromatic heterocycles. The number of amidine groups is 1. The van der Waals surface area contributed by atoms with E-state index in [9.17, 15) is 4.79 Å². The van der Waals surface area contributed by atoms with Crippen molar-refractivity contribution in [2.45, 2.75) is 13.3 Å². The van der Waals surface area contributed by atoms with Crippen LogP contribution in [0.25, 0.3) is 0 Å². The Morgan fingerprint density at radius 2 is 2.09 bits per heavy atom. The van der Waals surface area contributed by atoms with Gasteiger partial charge >= 0.3 is 0 Å². The van der Waals surface area contributed by atoms with Crippen LogP contribution in [-0.2, 0) is 6.42 Å². The third-order valence-corrected chi connectivity index (χ3v) is 4.47. The van der Waals surface area contributed by atoms with Crippen LogP contribution in [-0.4, -0.2) is 18.8 Å². The van der Waals surface area contributed by atoms with E-state index < -0.39 is 0 Å². The highest BCUT2D eigenvalue weighted by molar-refractivity contribution is 9.10. The lowest BCUT2D eigenvalue weighted by molar-refractivity contribution is 0.0963. The van der Waals surface area contributed by atoms with Gasteiger partial charge in [0, 0.05) is 29.2 Å². The van der Waals surface area contributed by atoms with Crippen molar-refractivity contribution >= 4 is 39.0 Å². The summed E-state index contributed by atoms with van der Waals surface area (Å²) in [5, 5.41) is 5.93. The van der Waals surface area contributed by atoms with Gasteiger partial charge in [-0.1, -0.05) is 28.1 Å². The van der Waals surface area contributed by atoms with Gasteiger partial charge in [0.15, 0.2) is 0 Å². The molecule has 0 fully saturated rings. The first-order valence-corrected chi connectivity index (χ1v) is 7.82. The summed E-state index contributed by atoms with van der Waals surface area (Å²) in [5.41, 5.74) is 4.90. The average molecular weight is 358 g/mol. The molecule has 0 bridgehead atoms. The van der Waals surface area contributed by atoms with E-state index in [-0.39, 0.29) is 5.91 Å². The molecular weight excluding hydrogens is 342 g/mol. The maximum absolute atomic E-state index is 11.7. The van der Waals surface area contributed by atoms with Gasteiger partial charge in [0.25, 0.3) is 5.91 Å². The van der Waals surface area contributed by atoms with E-state index in [4.69, 9.17) is 0 Å². The van der Waals surface area contributed by atoms with Gasteiger partial charge in [-0.05, 0) is 42.3 Å². The van der Waals surface area contributed by atoms with Crippen molar-refractivity contribution in [3.05, 3.63) is 57.6 Å². The van der Waals surface area contributed by atoms with E-state index in [1.54, 1.807) is 13.1 Å². The molecule has 5 heteroatoms. The first kappa shape index (κ1) is 14.8. The quantitative estimate of drug-likeness (QED) is 0.858. The highest BCUT2D eigenvalue weighted by atomic mass is 79.9. The molecule has 0 radical (unpaired) electrons. The first-order valence-electron chi connectivity index (χ1n) is 7.02. The minimum atomic E-state index is -0.0974. The molecule has 0 unspecified atom stereocenters. The molecule has 0 atom stereocenters. The number of amides is 1. The van der Waals surface area contributed by atoms with E-state index in [0.717, 1.165) is 28.1 Å². The van der Waals surface area contributed by atoms with Gasteiger partial charge in [0.05, 0.1) is 5.69 Å². The topological polar surface area (TPSA) is 53.5 Å². The summed E-state index contributed by atoms with van der Waals surface area (Å²) in [6, 6.07) is 11.6. The van der Waals surface area contributed by atoms with Crippen molar-refractivity contribution < 1.29 is 4.79 Å². The fraction of sp³-hybridized carbons (Fsp3) is 0.176. The summed E-state index contributed by atoms with van der Waals surface area (Å²) in [6.07, 6.45) is 0.771. The number of nitrogens with zero attached hydrogens (tertiary/aromatic N) is 1. The lowest BCUT2D eigenvalue weighted by Gasteiger charge is -2.07. The Bertz CT molecular complexity index is 783. The van der Waals surface area contributed by atoms with Gasteiger partial charge in [-0.15, -0.1) is 0 Å². The molecule has 4 nitrogen and oxygen atoms in total. The zero-order chi connectivity index (χ0) is 15.7. The van der Waals surface area contributed by atoms with Crippen LogP contribution in [0.5, 0.6) is 0 Å². The molecule has 1 aliphatic heterocycles. The Morgan fingerprint density at radius 3 is 2.86 bits per heavy atom. The van der Waals surface area contributed by atoms with Crippen molar-refractivity contribution in [3.63, 3.8) is 0 Å². The van der Waals surface area contributed by atoms with Gasteiger partial charge < -0.3 is 10.6 Å². The summed E-state index contributed by atoms with van der Waals surface area (Å²) in [5.74, 6) is 0.793. The molecule has 2 aromatic rings. The Kier molecular flexibility index (Phi) is 3.98. The maximum Gasteiger partial charge on any atom is 0.251 e. The number of hydrogen-bond donors (Lipinski definition) is 2. The number of carbonyl (C=O) groups is 1. The SMILES string of the molecule is CNC(=O)c1cccc(NC2=Nc3cc(Br)c(C)cc3C2)c1. The number of aliphatic imine (C=N–C) groups is 1. The second-order valence-electron chi connectivity index (χ2n) is 5.25. The Hall–Kier alpha value is -2.14. The van der Waals surface area contributed by atoms with Crippen LogP contribution in [0.2, 0.25) is 0 Å². The third-order valence-electron chi connectivity index (χ3n) is 3.61. The fourth-order valence-electron chi connectivity index (χ4n) is 2.46. The molecule has 0 spiro atoms. The first-order chi connectivity index (χ1) is 10.6. The molecule has 22 heavy (non-hydrogen) atoms. The van der Waals surface area contributed by atoms with E-state index in [1.165, 1.54) is 11.1 Å². The highest BCUT2D eigenvalue weighted by Crippen LogP contribution is 2.32. The summed E-state index contributed by atoms with van der Waals surface area (Å²) in [7, 11) is 1.63. The maximum atomic E-state index is 11.7. The van der Waals surface area contributed by atoms with Crippen molar-refractivity contribution in [3.8, 4) is 0 Å². The van der Waals surface area contributed by atoms with Crippen LogP contribution in [0.4, 0.5) is 11.4 Å². The number of rotatable bonds is 2. The van der Waals surface area contributed by atoms with Crippen molar-refractivity contribution in [2.75, 3.05) is 12.4 Å².